The average molecular weight is 346 g/mol. The number of benzene rings is 1. The first-order chi connectivity index (χ1) is 11.6. The Morgan fingerprint density at radius 3 is 2.71 bits per heavy atom. The van der Waals surface area contributed by atoms with Crippen molar-refractivity contribution in [2.24, 2.45) is 7.05 Å². The molecule has 126 valence electrons. The summed E-state index contributed by atoms with van der Waals surface area (Å²) in [7, 11) is -1.56. The third-order valence-electron chi connectivity index (χ3n) is 3.47. The highest BCUT2D eigenvalue weighted by Crippen LogP contribution is 2.17. The Labute approximate surface area is 140 Å². The first-order valence-corrected chi connectivity index (χ1v) is 9.08. The van der Waals surface area contributed by atoms with Gasteiger partial charge in [-0.25, -0.2) is 23.1 Å². The van der Waals surface area contributed by atoms with Crippen LogP contribution in [0.3, 0.4) is 0 Å². The summed E-state index contributed by atoms with van der Waals surface area (Å²) >= 11 is 0. The molecule has 8 nitrogen and oxygen atoms in total. The number of hydrogen-bond donors (Lipinski definition) is 2. The second-order valence-corrected chi connectivity index (χ2v) is 7.10. The van der Waals surface area contributed by atoms with Crippen LogP contribution in [0.1, 0.15) is 5.56 Å². The molecule has 3 aromatic rings. The van der Waals surface area contributed by atoms with Crippen molar-refractivity contribution in [2.45, 2.75) is 5.75 Å². The lowest BCUT2D eigenvalue weighted by atomic mass is 10.2. The van der Waals surface area contributed by atoms with Crippen LogP contribution < -0.4 is 10.0 Å². The molecule has 0 aliphatic rings. The van der Waals surface area contributed by atoms with Gasteiger partial charge in [-0.05, 0) is 5.56 Å². The molecular weight excluding hydrogens is 328 g/mol. The SMILES string of the molecule is Cn1ncc2c(NCCNS(=O)(=O)Cc3ccccc3)ncnc21. The summed E-state index contributed by atoms with van der Waals surface area (Å²) < 4.78 is 28.3. The maximum absolute atomic E-state index is 12.0. The van der Waals surface area contributed by atoms with Crippen LogP contribution in [0.25, 0.3) is 11.0 Å². The third kappa shape index (κ3) is 3.87. The zero-order valence-electron chi connectivity index (χ0n) is 13.2. The van der Waals surface area contributed by atoms with E-state index in [0.717, 1.165) is 16.6 Å². The zero-order chi connectivity index (χ0) is 17.0. The molecule has 0 atom stereocenters. The van der Waals surface area contributed by atoms with Gasteiger partial charge >= 0.3 is 0 Å². The molecule has 0 saturated carbocycles. The molecule has 3 rings (SSSR count). The second-order valence-electron chi connectivity index (χ2n) is 5.29. The standard InChI is InChI=1S/C15H18N6O2S/c1-21-15-13(9-19-21)14(17-11-18-15)16-7-8-20-24(22,23)10-12-5-3-2-4-6-12/h2-6,9,11,20H,7-8,10H2,1H3,(H,16,17,18). The highest BCUT2D eigenvalue weighted by atomic mass is 32.2. The fraction of sp³-hybridized carbons (Fsp3) is 0.267. The number of nitrogens with zero attached hydrogens (tertiary/aromatic N) is 4. The van der Waals surface area contributed by atoms with Crippen LogP contribution in [0.5, 0.6) is 0 Å². The fourth-order valence-corrected chi connectivity index (χ4v) is 3.48. The van der Waals surface area contributed by atoms with Crippen LogP contribution in [0.2, 0.25) is 0 Å². The number of hydrogen-bond acceptors (Lipinski definition) is 6. The molecule has 0 radical (unpaired) electrons. The van der Waals surface area contributed by atoms with Crippen LogP contribution in [-0.2, 0) is 22.8 Å². The molecule has 2 aromatic heterocycles. The molecule has 0 spiro atoms. The van der Waals surface area contributed by atoms with E-state index >= 15 is 0 Å². The van der Waals surface area contributed by atoms with Gasteiger partial charge in [-0.1, -0.05) is 30.3 Å². The first-order valence-electron chi connectivity index (χ1n) is 7.43. The van der Waals surface area contributed by atoms with E-state index in [1.807, 2.05) is 18.2 Å². The Morgan fingerprint density at radius 2 is 1.92 bits per heavy atom. The lowest BCUT2D eigenvalue weighted by Gasteiger charge is -2.09. The number of nitrogens with one attached hydrogen (secondary N) is 2. The predicted octanol–water partition coefficient (Wildman–Crippen LogP) is 0.895. The molecule has 2 N–H and O–H groups in total. The monoisotopic (exact) mass is 346 g/mol. The van der Waals surface area contributed by atoms with Gasteiger partial charge in [-0.15, -0.1) is 0 Å². The normalized spacial score (nSPS) is 11.7. The summed E-state index contributed by atoms with van der Waals surface area (Å²) in [5.41, 5.74) is 1.47. The molecule has 0 fully saturated rings. The van der Waals surface area contributed by atoms with Crippen molar-refractivity contribution in [3.05, 3.63) is 48.4 Å². The molecule has 2 heterocycles. The predicted molar refractivity (Wildman–Crippen MR) is 91.9 cm³/mol. The van der Waals surface area contributed by atoms with E-state index in [1.165, 1.54) is 6.33 Å². The molecule has 0 unspecified atom stereocenters. The van der Waals surface area contributed by atoms with E-state index in [0.29, 0.717) is 12.4 Å². The van der Waals surface area contributed by atoms with E-state index in [-0.39, 0.29) is 12.3 Å². The third-order valence-corrected chi connectivity index (χ3v) is 4.83. The van der Waals surface area contributed by atoms with E-state index in [9.17, 15) is 8.42 Å². The summed E-state index contributed by atoms with van der Waals surface area (Å²) in [6.07, 6.45) is 3.13. The summed E-state index contributed by atoms with van der Waals surface area (Å²) in [5.74, 6) is 0.601. The lowest BCUT2D eigenvalue weighted by Crippen LogP contribution is -2.30. The van der Waals surface area contributed by atoms with Crippen LogP contribution in [0, 0.1) is 0 Å². The second kappa shape index (κ2) is 6.93. The van der Waals surface area contributed by atoms with Crippen LogP contribution in [0.4, 0.5) is 5.82 Å². The Morgan fingerprint density at radius 1 is 1.12 bits per heavy atom. The van der Waals surface area contributed by atoms with Gasteiger partial charge in [0.2, 0.25) is 10.0 Å². The van der Waals surface area contributed by atoms with E-state index in [2.05, 4.69) is 25.1 Å². The van der Waals surface area contributed by atoms with E-state index in [1.54, 1.807) is 30.1 Å². The summed E-state index contributed by atoms with van der Waals surface area (Å²) in [6.45, 7) is 0.677. The molecule has 9 heteroatoms. The van der Waals surface area contributed by atoms with Gasteiger partial charge < -0.3 is 5.32 Å². The number of aromatic nitrogens is 4. The zero-order valence-corrected chi connectivity index (χ0v) is 14.0. The molecule has 24 heavy (non-hydrogen) atoms. The highest BCUT2D eigenvalue weighted by Gasteiger charge is 2.11. The van der Waals surface area contributed by atoms with Crippen molar-refractivity contribution in [3.8, 4) is 0 Å². The van der Waals surface area contributed by atoms with Gasteiger partial charge in [0.25, 0.3) is 0 Å². The minimum atomic E-state index is -3.37. The van der Waals surface area contributed by atoms with Crippen LogP contribution in [0.15, 0.2) is 42.9 Å². The number of anilines is 1. The van der Waals surface area contributed by atoms with Crippen molar-refractivity contribution >= 4 is 26.9 Å². The molecule has 0 saturated heterocycles. The molecular formula is C15H18N6O2S. The van der Waals surface area contributed by atoms with Gasteiger partial charge in [0.05, 0.1) is 17.3 Å². The van der Waals surface area contributed by atoms with Crippen LogP contribution >= 0.6 is 0 Å². The topological polar surface area (TPSA) is 102 Å². The minimum absolute atomic E-state index is 0.0335. The summed E-state index contributed by atoms with van der Waals surface area (Å²) in [4.78, 5) is 8.32. The molecule has 0 aliphatic carbocycles. The maximum Gasteiger partial charge on any atom is 0.215 e. The maximum atomic E-state index is 12.0. The summed E-state index contributed by atoms with van der Waals surface area (Å²) in [5, 5.41) is 8.04. The van der Waals surface area contributed by atoms with Gasteiger partial charge in [0, 0.05) is 20.1 Å². The average Bonchev–Trinajstić information content (AvgIpc) is 2.94. The van der Waals surface area contributed by atoms with Crippen molar-refractivity contribution < 1.29 is 8.42 Å². The lowest BCUT2D eigenvalue weighted by molar-refractivity contribution is 0.582. The highest BCUT2D eigenvalue weighted by molar-refractivity contribution is 7.88. The van der Waals surface area contributed by atoms with Gasteiger partial charge in [0.15, 0.2) is 5.65 Å². The van der Waals surface area contributed by atoms with E-state index in [4.69, 9.17) is 0 Å². The van der Waals surface area contributed by atoms with Gasteiger partial charge in [-0.3, -0.25) is 4.68 Å². The number of aryl methyl sites for hydroxylation is 1. The number of rotatable bonds is 7. The minimum Gasteiger partial charge on any atom is -0.368 e. The Hall–Kier alpha value is -2.52. The van der Waals surface area contributed by atoms with Crippen molar-refractivity contribution in [1.29, 1.82) is 0 Å². The summed E-state index contributed by atoms with van der Waals surface area (Å²) in [6, 6.07) is 9.07. The Bertz CT molecular complexity index is 924. The van der Waals surface area contributed by atoms with E-state index < -0.39 is 10.0 Å². The molecule has 0 aliphatic heterocycles. The number of sulfonamides is 1. The molecule has 1 aromatic carbocycles. The molecule has 0 amide bonds. The first kappa shape index (κ1) is 16.3. The number of fused-ring (bicyclic) bond motifs is 1. The van der Waals surface area contributed by atoms with Crippen LogP contribution in [-0.4, -0.2) is 41.3 Å². The van der Waals surface area contributed by atoms with Crippen molar-refractivity contribution in [2.75, 3.05) is 18.4 Å². The largest absolute Gasteiger partial charge is 0.368 e. The molecule has 0 bridgehead atoms. The Balaban J connectivity index is 1.55. The van der Waals surface area contributed by atoms with Gasteiger partial charge in [-0.2, -0.15) is 5.10 Å². The quantitative estimate of drug-likeness (QED) is 0.616. The van der Waals surface area contributed by atoms with Crippen molar-refractivity contribution in [3.63, 3.8) is 0 Å². The smallest absolute Gasteiger partial charge is 0.215 e. The van der Waals surface area contributed by atoms with Gasteiger partial charge in [0.1, 0.15) is 12.1 Å². The van der Waals surface area contributed by atoms with Crippen molar-refractivity contribution in [1.82, 2.24) is 24.5 Å². The Kier molecular flexibility index (Phi) is 4.72. The fourth-order valence-electron chi connectivity index (χ4n) is 2.34.